The van der Waals surface area contributed by atoms with Crippen molar-refractivity contribution in [3.8, 4) is 0 Å². The van der Waals surface area contributed by atoms with Gasteiger partial charge in [-0.25, -0.2) is 14.2 Å². The fraction of sp³-hybridized carbons (Fsp3) is 0.450. The molecule has 0 bridgehead atoms. The first-order chi connectivity index (χ1) is 16.2. The Hall–Kier alpha value is -3.29. The van der Waals surface area contributed by atoms with E-state index in [4.69, 9.17) is 4.42 Å². The molecule has 0 unspecified atom stereocenters. The van der Waals surface area contributed by atoms with Gasteiger partial charge in [0.25, 0.3) is 0 Å². The van der Waals surface area contributed by atoms with Crippen molar-refractivity contribution in [2.24, 2.45) is 7.05 Å². The zero-order valence-electron chi connectivity index (χ0n) is 17.6. The molecule has 3 atom stereocenters. The number of hydrogen-bond donors (Lipinski definition) is 1. The van der Waals surface area contributed by atoms with Crippen LogP contribution in [-0.2, 0) is 26.1 Å². The van der Waals surface area contributed by atoms with E-state index < -0.39 is 29.6 Å². The third kappa shape index (κ3) is 3.47. The summed E-state index contributed by atoms with van der Waals surface area (Å²) in [7, 11) is 1.40. The van der Waals surface area contributed by atoms with Crippen LogP contribution >= 0.6 is 11.3 Å². The van der Waals surface area contributed by atoms with E-state index in [0.29, 0.717) is 35.9 Å². The first kappa shape index (κ1) is 21.3. The molecular formula is C20H17F4N7O2S. The van der Waals surface area contributed by atoms with Gasteiger partial charge in [-0.1, -0.05) is 0 Å². The smallest absolute Gasteiger partial charge is 0.407 e. The molecule has 1 saturated carbocycles. The van der Waals surface area contributed by atoms with Crippen LogP contribution in [0, 0.1) is 0 Å². The predicted molar refractivity (Wildman–Crippen MR) is 113 cm³/mol. The lowest BCUT2D eigenvalue weighted by atomic mass is 9.92. The minimum absolute atomic E-state index is 0.114. The number of fused-ring (bicyclic) bond motifs is 3. The molecule has 4 aromatic rings. The van der Waals surface area contributed by atoms with Crippen LogP contribution in [-0.4, -0.2) is 35.7 Å². The number of rotatable bonds is 4. The second-order valence-corrected chi connectivity index (χ2v) is 9.58. The second-order valence-electron chi connectivity index (χ2n) is 8.50. The Labute approximate surface area is 192 Å². The molecule has 178 valence electrons. The van der Waals surface area contributed by atoms with Gasteiger partial charge in [0.05, 0.1) is 5.92 Å². The average Bonchev–Trinajstić information content (AvgIpc) is 3.11. The van der Waals surface area contributed by atoms with Gasteiger partial charge in [0.1, 0.15) is 28.5 Å². The Balaban J connectivity index is 1.30. The molecule has 0 aliphatic heterocycles. The minimum atomic E-state index is -4.56. The maximum atomic E-state index is 13.4. The summed E-state index contributed by atoms with van der Waals surface area (Å²) in [6.45, 7) is 0. The van der Waals surface area contributed by atoms with E-state index in [-0.39, 0.29) is 23.7 Å². The predicted octanol–water partition coefficient (Wildman–Crippen LogP) is 3.89. The lowest BCUT2D eigenvalue weighted by molar-refractivity contribution is -0.141. The lowest BCUT2D eigenvalue weighted by Gasteiger charge is -2.24. The Morgan fingerprint density at radius 2 is 2.12 bits per heavy atom. The quantitative estimate of drug-likeness (QED) is 0.429. The summed E-state index contributed by atoms with van der Waals surface area (Å²) < 4.78 is 60.6. The molecule has 2 aliphatic rings. The Bertz CT molecular complexity index is 1470. The van der Waals surface area contributed by atoms with E-state index in [9.17, 15) is 22.4 Å². The Kier molecular flexibility index (Phi) is 4.60. The topological polar surface area (TPSA) is 104 Å². The van der Waals surface area contributed by atoms with Crippen molar-refractivity contribution in [1.82, 2.24) is 29.5 Å². The van der Waals surface area contributed by atoms with Crippen LogP contribution in [0.1, 0.15) is 46.8 Å². The molecule has 0 spiro atoms. The molecule has 2 aliphatic carbocycles. The minimum Gasteiger partial charge on any atom is -0.407 e. The number of alkyl halides is 4. The lowest BCUT2D eigenvalue weighted by Crippen LogP contribution is -2.20. The van der Waals surface area contributed by atoms with Gasteiger partial charge in [0.15, 0.2) is 5.69 Å². The third-order valence-electron chi connectivity index (χ3n) is 6.24. The molecule has 1 fully saturated rings. The monoisotopic (exact) mass is 495 g/mol. The number of thiophene rings is 1. The summed E-state index contributed by atoms with van der Waals surface area (Å²) >= 11 is 1.42. The van der Waals surface area contributed by atoms with Gasteiger partial charge in [-0.15, -0.1) is 21.5 Å². The van der Waals surface area contributed by atoms with Crippen LogP contribution in [0.4, 0.5) is 29.3 Å². The molecule has 9 nitrogen and oxygen atoms in total. The number of anilines is 2. The van der Waals surface area contributed by atoms with E-state index in [1.54, 1.807) is 4.57 Å². The standard InChI is InChI=1S/C20H17F4N7O2S/c1-30-14(6-13(29-30)20(22,23)24)26-19-28-25-7-31(19)8-2-3-12-10(4-8)15-17(34-12)27-16(33-18(15)32)9-5-11(9)21/h6-9,11H,2-5H2,1H3,(H,26,28)/t8-,9-,11+/m0/s1. The van der Waals surface area contributed by atoms with Gasteiger partial charge in [0.2, 0.25) is 11.8 Å². The summed E-state index contributed by atoms with van der Waals surface area (Å²) in [4.78, 5) is 18.7. The second kappa shape index (κ2) is 7.35. The highest BCUT2D eigenvalue weighted by atomic mass is 32.1. The highest BCUT2D eigenvalue weighted by molar-refractivity contribution is 7.18. The van der Waals surface area contributed by atoms with Crippen molar-refractivity contribution in [2.75, 3.05) is 5.32 Å². The number of halogens is 4. The molecule has 14 heteroatoms. The van der Waals surface area contributed by atoms with Gasteiger partial charge in [-0.2, -0.15) is 18.3 Å². The van der Waals surface area contributed by atoms with Crippen molar-refractivity contribution in [1.29, 1.82) is 0 Å². The highest BCUT2D eigenvalue weighted by Crippen LogP contribution is 2.44. The van der Waals surface area contributed by atoms with Gasteiger partial charge in [0, 0.05) is 24.0 Å². The fourth-order valence-corrected chi connectivity index (χ4v) is 5.57. The normalized spacial score (nSPS) is 22.2. The average molecular weight is 495 g/mol. The SMILES string of the molecule is Cn1nc(C(F)(F)F)cc1Nc1nncn1[C@H]1CCc2sc3nc([C@H]4C[C@H]4F)oc(=O)c3c2C1. The summed E-state index contributed by atoms with van der Waals surface area (Å²) in [5.74, 6) is 0.0851. The van der Waals surface area contributed by atoms with Crippen LogP contribution in [0.15, 0.2) is 21.6 Å². The van der Waals surface area contributed by atoms with Crippen LogP contribution in [0.25, 0.3) is 10.2 Å². The fourth-order valence-electron chi connectivity index (χ4n) is 4.36. The van der Waals surface area contributed by atoms with Gasteiger partial charge in [-0.05, 0) is 31.2 Å². The largest absolute Gasteiger partial charge is 0.435 e. The maximum Gasteiger partial charge on any atom is 0.435 e. The van der Waals surface area contributed by atoms with Crippen molar-refractivity contribution in [3.63, 3.8) is 0 Å². The van der Waals surface area contributed by atoms with E-state index in [2.05, 4.69) is 25.6 Å². The van der Waals surface area contributed by atoms with Gasteiger partial charge < -0.3 is 9.73 Å². The molecular weight excluding hydrogens is 478 g/mol. The van der Waals surface area contributed by atoms with Crippen molar-refractivity contribution >= 4 is 33.3 Å². The molecule has 34 heavy (non-hydrogen) atoms. The van der Waals surface area contributed by atoms with Crippen LogP contribution in [0.2, 0.25) is 0 Å². The molecule has 0 aromatic carbocycles. The number of hydrogen-bond acceptors (Lipinski definition) is 8. The first-order valence-electron chi connectivity index (χ1n) is 10.6. The van der Waals surface area contributed by atoms with E-state index in [0.717, 1.165) is 21.2 Å². The molecule has 0 radical (unpaired) electrons. The molecule has 4 aromatic heterocycles. The highest BCUT2D eigenvalue weighted by Gasteiger charge is 2.43. The summed E-state index contributed by atoms with van der Waals surface area (Å²) in [5.41, 5.74) is -0.704. The van der Waals surface area contributed by atoms with Crippen molar-refractivity contribution in [2.45, 2.75) is 50.0 Å². The molecule has 1 N–H and O–H groups in total. The van der Waals surface area contributed by atoms with Gasteiger partial charge >= 0.3 is 11.8 Å². The number of nitrogens with zero attached hydrogens (tertiary/aromatic N) is 6. The number of nitrogens with one attached hydrogen (secondary N) is 1. The number of aromatic nitrogens is 6. The van der Waals surface area contributed by atoms with E-state index >= 15 is 0 Å². The van der Waals surface area contributed by atoms with Crippen LogP contribution in [0.5, 0.6) is 0 Å². The van der Waals surface area contributed by atoms with E-state index in [1.165, 1.54) is 24.7 Å². The van der Waals surface area contributed by atoms with Crippen molar-refractivity contribution < 1.29 is 22.0 Å². The van der Waals surface area contributed by atoms with Crippen LogP contribution in [0.3, 0.4) is 0 Å². The molecule has 4 heterocycles. The number of aryl methyl sites for hydroxylation is 2. The zero-order valence-corrected chi connectivity index (χ0v) is 18.5. The maximum absolute atomic E-state index is 13.4. The zero-order chi connectivity index (χ0) is 23.8. The molecule has 0 amide bonds. The van der Waals surface area contributed by atoms with Crippen LogP contribution < -0.4 is 10.9 Å². The summed E-state index contributed by atoms with van der Waals surface area (Å²) in [6, 6.07) is 0.761. The molecule has 6 rings (SSSR count). The summed E-state index contributed by atoms with van der Waals surface area (Å²) in [5, 5.41) is 14.7. The Morgan fingerprint density at radius 1 is 1.32 bits per heavy atom. The summed E-state index contributed by atoms with van der Waals surface area (Å²) in [6.07, 6.45) is -1.91. The first-order valence-corrected chi connectivity index (χ1v) is 11.4. The third-order valence-corrected chi connectivity index (χ3v) is 7.42. The van der Waals surface area contributed by atoms with E-state index in [1.807, 2.05) is 0 Å². The van der Waals surface area contributed by atoms with Crippen molar-refractivity contribution in [3.05, 3.63) is 44.8 Å². The Morgan fingerprint density at radius 3 is 2.82 bits per heavy atom. The van der Waals surface area contributed by atoms with Gasteiger partial charge in [-0.3, -0.25) is 9.25 Å². The molecule has 0 saturated heterocycles.